The van der Waals surface area contributed by atoms with Crippen LogP contribution in [-0.4, -0.2) is 20.2 Å². The summed E-state index contributed by atoms with van der Waals surface area (Å²) in [5.41, 5.74) is 0.600. The van der Waals surface area contributed by atoms with Crippen LogP contribution in [0.25, 0.3) is 0 Å². The molecule has 0 unspecified atom stereocenters. The summed E-state index contributed by atoms with van der Waals surface area (Å²) < 4.78 is 28.7. The normalized spacial score (nSPS) is 10.0. The predicted molar refractivity (Wildman–Crippen MR) is 75.1 cm³/mol. The van der Waals surface area contributed by atoms with Crippen LogP contribution in [0.5, 0.6) is 11.5 Å². The lowest BCUT2D eigenvalue weighted by atomic mass is 10.2. The van der Waals surface area contributed by atoms with Crippen LogP contribution >= 0.6 is 0 Å². The number of halogens is 1. The van der Waals surface area contributed by atoms with E-state index in [-0.39, 0.29) is 12.2 Å². The first-order valence-corrected chi connectivity index (χ1v) is 6.27. The summed E-state index contributed by atoms with van der Waals surface area (Å²) in [5.74, 6) is -0.0247. The lowest BCUT2D eigenvalue weighted by Crippen LogP contribution is -2.07. The molecular weight excluding hydrogens is 275 g/mol. The van der Waals surface area contributed by atoms with E-state index in [9.17, 15) is 9.18 Å². The van der Waals surface area contributed by atoms with E-state index < -0.39 is 11.8 Å². The van der Waals surface area contributed by atoms with Crippen molar-refractivity contribution in [3.05, 3.63) is 59.4 Å². The van der Waals surface area contributed by atoms with Crippen LogP contribution in [0.15, 0.2) is 42.5 Å². The first kappa shape index (κ1) is 14.8. The lowest BCUT2D eigenvalue weighted by Gasteiger charge is -2.09. The Balaban J connectivity index is 2.11. The maximum atomic E-state index is 13.4. The predicted octanol–water partition coefficient (Wildman–Crippen LogP) is 3.20. The highest BCUT2D eigenvalue weighted by Crippen LogP contribution is 2.23. The van der Waals surface area contributed by atoms with Crippen LogP contribution in [-0.2, 0) is 11.3 Å². The van der Waals surface area contributed by atoms with E-state index in [2.05, 4.69) is 0 Å². The van der Waals surface area contributed by atoms with Crippen LogP contribution in [0, 0.1) is 5.82 Å². The van der Waals surface area contributed by atoms with Gasteiger partial charge in [0.25, 0.3) is 0 Å². The van der Waals surface area contributed by atoms with Gasteiger partial charge in [-0.3, -0.25) is 0 Å². The summed E-state index contributed by atoms with van der Waals surface area (Å²) in [6.07, 6.45) is 0. The molecule has 0 aliphatic heterocycles. The van der Waals surface area contributed by atoms with Gasteiger partial charge in [-0.1, -0.05) is 18.2 Å². The second-order valence-corrected chi connectivity index (χ2v) is 4.27. The summed E-state index contributed by atoms with van der Waals surface area (Å²) in [5, 5.41) is 0. The number of ether oxygens (including phenoxy) is 3. The standard InChI is InChI=1S/C16H15FO4/c1-19-13-7-12(8-14(9-13)20-2)16(18)21-10-11-5-3-4-6-15(11)17/h3-9H,10H2,1-2H3. The van der Waals surface area contributed by atoms with Gasteiger partial charge in [0.05, 0.1) is 19.8 Å². The molecule has 2 rings (SSSR count). The van der Waals surface area contributed by atoms with Gasteiger partial charge < -0.3 is 14.2 Å². The minimum atomic E-state index is -0.574. The van der Waals surface area contributed by atoms with Gasteiger partial charge in [0.2, 0.25) is 0 Å². The number of benzene rings is 2. The second kappa shape index (κ2) is 6.74. The van der Waals surface area contributed by atoms with E-state index in [0.29, 0.717) is 17.1 Å². The highest BCUT2D eigenvalue weighted by atomic mass is 19.1. The summed E-state index contributed by atoms with van der Waals surface area (Å²) in [4.78, 5) is 12.0. The van der Waals surface area contributed by atoms with Crippen LogP contribution in [0.2, 0.25) is 0 Å². The van der Waals surface area contributed by atoms with Crippen LogP contribution < -0.4 is 9.47 Å². The molecule has 0 saturated heterocycles. The van der Waals surface area contributed by atoms with E-state index in [1.165, 1.54) is 32.4 Å². The quantitative estimate of drug-likeness (QED) is 0.793. The van der Waals surface area contributed by atoms with Crippen molar-refractivity contribution < 1.29 is 23.4 Å². The molecule has 0 bridgehead atoms. The molecule has 0 saturated carbocycles. The Morgan fingerprint density at radius 2 is 1.67 bits per heavy atom. The van der Waals surface area contributed by atoms with Crippen molar-refractivity contribution in [2.75, 3.05) is 14.2 Å². The SMILES string of the molecule is COc1cc(OC)cc(C(=O)OCc2ccccc2F)c1. The first-order chi connectivity index (χ1) is 10.1. The van der Waals surface area contributed by atoms with E-state index >= 15 is 0 Å². The van der Waals surface area contributed by atoms with Crippen molar-refractivity contribution in [2.24, 2.45) is 0 Å². The van der Waals surface area contributed by atoms with E-state index in [0.717, 1.165) is 0 Å². The molecule has 0 radical (unpaired) electrons. The second-order valence-electron chi connectivity index (χ2n) is 4.27. The Hall–Kier alpha value is -2.56. The van der Waals surface area contributed by atoms with Gasteiger partial charge >= 0.3 is 5.97 Å². The number of carbonyl (C=O) groups is 1. The van der Waals surface area contributed by atoms with Gasteiger partial charge in [-0.25, -0.2) is 9.18 Å². The molecule has 0 N–H and O–H groups in total. The highest BCUT2D eigenvalue weighted by molar-refractivity contribution is 5.90. The molecule has 0 aliphatic rings. The molecule has 0 atom stereocenters. The molecule has 4 nitrogen and oxygen atoms in total. The zero-order valence-electron chi connectivity index (χ0n) is 11.8. The summed E-state index contributed by atoms with van der Waals surface area (Å²) in [7, 11) is 2.98. The number of methoxy groups -OCH3 is 2. The number of rotatable bonds is 5. The van der Waals surface area contributed by atoms with Crippen molar-refractivity contribution >= 4 is 5.97 Å². The fraction of sp³-hybridized carbons (Fsp3) is 0.188. The number of carbonyl (C=O) groups excluding carboxylic acids is 1. The maximum absolute atomic E-state index is 13.4. The molecule has 2 aromatic carbocycles. The molecule has 0 amide bonds. The molecule has 0 spiro atoms. The van der Waals surface area contributed by atoms with Crippen LogP contribution in [0.3, 0.4) is 0 Å². The Bertz CT molecular complexity index is 618. The molecule has 2 aromatic rings. The molecule has 0 heterocycles. The lowest BCUT2D eigenvalue weighted by molar-refractivity contribution is 0.0468. The molecular formula is C16H15FO4. The van der Waals surface area contributed by atoms with Gasteiger partial charge in [-0.05, 0) is 18.2 Å². The molecule has 110 valence electrons. The highest BCUT2D eigenvalue weighted by Gasteiger charge is 2.12. The van der Waals surface area contributed by atoms with Gasteiger partial charge in [0, 0.05) is 11.6 Å². The van der Waals surface area contributed by atoms with Crippen molar-refractivity contribution in [3.63, 3.8) is 0 Å². The van der Waals surface area contributed by atoms with E-state index in [1.54, 1.807) is 24.3 Å². The topological polar surface area (TPSA) is 44.8 Å². The van der Waals surface area contributed by atoms with Crippen molar-refractivity contribution in [1.82, 2.24) is 0 Å². The fourth-order valence-corrected chi connectivity index (χ4v) is 1.77. The average Bonchev–Trinajstić information content (AvgIpc) is 2.53. The Morgan fingerprint density at radius 1 is 1.05 bits per heavy atom. The third-order valence-electron chi connectivity index (χ3n) is 2.90. The van der Waals surface area contributed by atoms with Crippen LogP contribution in [0.1, 0.15) is 15.9 Å². The van der Waals surface area contributed by atoms with Crippen LogP contribution in [0.4, 0.5) is 4.39 Å². The maximum Gasteiger partial charge on any atom is 0.338 e. The summed E-state index contributed by atoms with van der Waals surface area (Å²) >= 11 is 0. The van der Waals surface area contributed by atoms with E-state index in [1.807, 2.05) is 0 Å². The molecule has 21 heavy (non-hydrogen) atoms. The number of hydrogen-bond acceptors (Lipinski definition) is 4. The molecule has 0 fully saturated rings. The van der Waals surface area contributed by atoms with Crippen molar-refractivity contribution in [2.45, 2.75) is 6.61 Å². The first-order valence-electron chi connectivity index (χ1n) is 6.27. The Morgan fingerprint density at radius 3 is 2.24 bits per heavy atom. The Labute approximate surface area is 122 Å². The van der Waals surface area contributed by atoms with Gasteiger partial charge in [-0.15, -0.1) is 0 Å². The van der Waals surface area contributed by atoms with Gasteiger partial charge in [0.15, 0.2) is 0 Å². The Kier molecular flexibility index (Phi) is 4.77. The summed E-state index contributed by atoms with van der Waals surface area (Å²) in [6.45, 7) is -0.134. The number of hydrogen-bond donors (Lipinski definition) is 0. The van der Waals surface area contributed by atoms with Gasteiger partial charge in [0.1, 0.15) is 23.9 Å². The van der Waals surface area contributed by atoms with Crippen molar-refractivity contribution in [1.29, 1.82) is 0 Å². The molecule has 0 aliphatic carbocycles. The zero-order valence-corrected chi connectivity index (χ0v) is 11.8. The summed E-state index contributed by atoms with van der Waals surface area (Å²) in [6, 6.07) is 10.9. The minimum absolute atomic E-state index is 0.134. The zero-order chi connectivity index (χ0) is 15.2. The average molecular weight is 290 g/mol. The van der Waals surface area contributed by atoms with Crippen molar-refractivity contribution in [3.8, 4) is 11.5 Å². The monoisotopic (exact) mass is 290 g/mol. The van der Waals surface area contributed by atoms with E-state index in [4.69, 9.17) is 14.2 Å². The number of esters is 1. The molecule has 0 aromatic heterocycles. The smallest absolute Gasteiger partial charge is 0.338 e. The third-order valence-corrected chi connectivity index (χ3v) is 2.90. The third kappa shape index (κ3) is 3.72. The minimum Gasteiger partial charge on any atom is -0.497 e. The van der Waals surface area contributed by atoms with Gasteiger partial charge in [-0.2, -0.15) is 0 Å². The molecule has 5 heteroatoms. The fourth-order valence-electron chi connectivity index (χ4n) is 1.77. The largest absolute Gasteiger partial charge is 0.497 e.